The van der Waals surface area contributed by atoms with Crippen molar-refractivity contribution in [3.63, 3.8) is 0 Å². The maximum absolute atomic E-state index is 6.50. The summed E-state index contributed by atoms with van der Waals surface area (Å²) < 4.78 is 8.83. The molecule has 0 amide bonds. The number of para-hydroxylation sites is 3. The molecule has 30 heavy (non-hydrogen) atoms. The van der Waals surface area contributed by atoms with Crippen LogP contribution in [-0.4, -0.2) is 9.55 Å². The van der Waals surface area contributed by atoms with E-state index >= 15 is 0 Å². The number of hydrogen-bond acceptors (Lipinski definition) is 2. The standard InChI is InChI=1S/C27H16N2O/c1-2-9-17(10-3-1)29-21-14-6-4-11-18(21)23-20-13-8-16-28-25(20)24-19-12-5-7-15-22(19)30-27(24)26(23)29/h1-16H. The Labute approximate surface area is 171 Å². The van der Waals surface area contributed by atoms with E-state index in [0.717, 1.165) is 49.6 Å². The van der Waals surface area contributed by atoms with Crippen molar-refractivity contribution in [2.24, 2.45) is 0 Å². The van der Waals surface area contributed by atoms with Gasteiger partial charge in [-0.2, -0.15) is 0 Å². The fourth-order valence-electron chi connectivity index (χ4n) is 4.83. The topological polar surface area (TPSA) is 31.0 Å². The molecule has 0 aliphatic carbocycles. The van der Waals surface area contributed by atoms with Crippen LogP contribution in [0.1, 0.15) is 0 Å². The summed E-state index contributed by atoms with van der Waals surface area (Å²) >= 11 is 0. The Balaban J connectivity index is 1.89. The fraction of sp³-hybridized carbons (Fsp3) is 0. The second-order valence-corrected chi connectivity index (χ2v) is 7.61. The Morgan fingerprint density at radius 1 is 0.633 bits per heavy atom. The van der Waals surface area contributed by atoms with Crippen LogP contribution < -0.4 is 0 Å². The highest BCUT2D eigenvalue weighted by Gasteiger charge is 2.22. The van der Waals surface area contributed by atoms with E-state index in [1.54, 1.807) is 0 Å². The first-order valence-electron chi connectivity index (χ1n) is 10.1. The van der Waals surface area contributed by atoms with Crippen molar-refractivity contribution >= 4 is 54.6 Å². The van der Waals surface area contributed by atoms with Gasteiger partial charge in [0.2, 0.25) is 0 Å². The molecule has 0 saturated carbocycles. The third kappa shape index (κ3) is 1.91. The van der Waals surface area contributed by atoms with Crippen LogP contribution in [0.25, 0.3) is 60.3 Å². The summed E-state index contributed by atoms with van der Waals surface area (Å²) in [7, 11) is 0. The lowest BCUT2D eigenvalue weighted by atomic mass is 10.0. The Kier molecular flexibility index (Phi) is 3.00. The average molecular weight is 384 g/mol. The van der Waals surface area contributed by atoms with Gasteiger partial charge in [-0.3, -0.25) is 4.98 Å². The van der Waals surface area contributed by atoms with Gasteiger partial charge in [-0.05, 0) is 30.3 Å². The van der Waals surface area contributed by atoms with Crippen LogP contribution in [0.5, 0.6) is 0 Å². The molecule has 0 fully saturated rings. The molecular formula is C27H16N2O. The number of fused-ring (bicyclic) bond motifs is 10. The first kappa shape index (κ1) is 15.8. The molecule has 0 bridgehead atoms. The maximum Gasteiger partial charge on any atom is 0.162 e. The lowest BCUT2D eigenvalue weighted by molar-refractivity contribution is 0.671. The predicted molar refractivity (Wildman–Crippen MR) is 123 cm³/mol. The lowest BCUT2D eigenvalue weighted by Crippen LogP contribution is -1.93. The quantitative estimate of drug-likeness (QED) is 0.299. The van der Waals surface area contributed by atoms with E-state index in [4.69, 9.17) is 9.40 Å². The van der Waals surface area contributed by atoms with Crippen LogP contribution >= 0.6 is 0 Å². The van der Waals surface area contributed by atoms with Crippen molar-refractivity contribution in [1.82, 2.24) is 9.55 Å². The van der Waals surface area contributed by atoms with Crippen molar-refractivity contribution in [2.45, 2.75) is 0 Å². The smallest absolute Gasteiger partial charge is 0.162 e. The van der Waals surface area contributed by atoms with Gasteiger partial charge in [-0.25, -0.2) is 0 Å². The fourth-order valence-corrected chi connectivity index (χ4v) is 4.83. The predicted octanol–water partition coefficient (Wildman–Crippen LogP) is 7.23. The highest BCUT2D eigenvalue weighted by molar-refractivity contribution is 6.34. The van der Waals surface area contributed by atoms with Crippen molar-refractivity contribution in [1.29, 1.82) is 0 Å². The first-order chi connectivity index (χ1) is 14.9. The average Bonchev–Trinajstić information content (AvgIpc) is 3.36. The van der Waals surface area contributed by atoms with Crippen LogP contribution in [0.15, 0.2) is 102 Å². The van der Waals surface area contributed by atoms with Gasteiger partial charge >= 0.3 is 0 Å². The third-order valence-electron chi connectivity index (χ3n) is 6.01. The molecule has 0 unspecified atom stereocenters. The molecule has 3 aromatic heterocycles. The summed E-state index contributed by atoms with van der Waals surface area (Å²) in [4.78, 5) is 4.80. The van der Waals surface area contributed by atoms with E-state index in [1.165, 1.54) is 10.8 Å². The van der Waals surface area contributed by atoms with E-state index in [1.807, 2.05) is 30.5 Å². The Hall–Kier alpha value is -4.11. The molecule has 0 saturated heterocycles. The van der Waals surface area contributed by atoms with Gasteiger partial charge in [-0.1, -0.05) is 60.7 Å². The minimum absolute atomic E-state index is 0.886. The number of rotatable bonds is 1. The molecule has 3 nitrogen and oxygen atoms in total. The van der Waals surface area contributed by atoms with E-state index in [0.29, 0.717) is 0 Å². The highest BCUT2D eigenvalue weighted by atomic mass is 16.3. The van der Waals surface area contributed by atoms with Gasteiger partial charge in [0.15, 0.2) is 5.58 Å². The summed E-state index contributed by atoms with van der Waals surface area (Å²) in [5.74, 6) is 0. The van der Waals surface area contributed by atoms with Crippen LogP contribution in [0.3, 0.4) is 0 Å². The third-order valence-corrected chi connectivity index (χ3v) is 6.01. The van der Waals surface area contributed by atoms with E-state index in [2.05, 4.69) is 71.3 Å². The van der Waals surface area contributed by atoms with E-state index in [-0.39, 0.29) is 0 Å². The van der Waals surface area contributed by atoms with Crippen molar-refractivity contribution in [3.8, 4) is 5.69 Å². The van der Waals surface area contributed by atoms with Crippen LogP contribution in [0, 0.1) is 0 Å². The van der Waals surface area contributed by atoms with Gasteiger partial charge in [-0.15, -0.1) is 0 Å². The van der Waals surface area contributed by atoms with Crippen molar-refractivity contribution in [3.05, 3.63) is 97.2 Å². The summed E-state index contributed by atoms with van der Waals surface area (Å²) in [6.07, 6.45) is 1.87. The van der Waals surface area contributed by atoms with Crippen LogP contribution in [0.4, 0.5) is 0 Å². The molecule has 3 heteroatoms. The second kappa shape index (κ2) is 5.71. The molecule has 0 spiro atoms. The normalized spacial score (nSPS) is 12.0. The largest absolute Gasteiger partial charge is 0.454 e. The number of benzene rings is 4. The monoisotopic (exact) mass is 384 g/mol. The summed E-state index contributed by atoms with van der Waals surface area (Å²) in [5, 5.41) is 5.72. The molecule has 7 aromatic rings. The Morgan fingerprint density at radius 2 is 1.37 bits per heavy atom. The van der Waals surface area contributed by atoms with Gasteiger partial charge in [0.05, 0.1) is 21.9 Å². The Morgan fingerprint density at radius 3 is 2.27 bits per heavy atom. The molecule has 7 rings (SSSR count). The van der Waals surface area contributed by atoms with Crippen molar-refractivity contribution in [2.75, 3.05) is 0 Å². The van der Waals surface area contributed by atoms with Crippen molar-refractivity contribution < 1.29 is 4.42 Å². The van der Waals surface area contributed by atoms with Crippen LogP contribution in [-0.2, 0) is 0 Å². The van der Waals surface area contributed by atoms with Gasteiger partial charge in [0, 0.05) is 33.4 Å². The first-order valence-corrected chi connectivity index (χ1v) is 10.1. The Bertz CT molecular complexity index is 1740. The van der Waals surface area contributed by atoms with Gasteiger partial charge < -0.3 is 8.98 Å². The summed E-state index contributed by atoms with van der Waals surface area (Å²) in [6, 6.07) is 31.5. The zero-order valence-electron chi connectivity index (χ0n) is 16.0. The number of aromatic nitrogens is 2. The highest BCUT2D eigenvalue weighted by Crippen LogP contribution is 2.44. The van der Waals surface area contributed by atoms with E-state index < -0.39 is 0 Å². The number of furan rings is 1. The molecule has 4 aromatic carbocycles. The summed E-state index contributed by atoms with van der Waals surface area (Å²) in [5.41, 5.74) is 6.13. The SMILES string of the molecule is c1ccc(-n2c3ccccc3c3c4cccnc4c4c5ccccc5oc4c32)cc1. The molecule has 0 N–H and O–H groups in total. The molecule has 0 radical (unpaired) electrons. The zero-order chi connectivity index (χ0) is 19.7. The number of nitrogens with zero attached hydrogens (tertiary/aromatic N) is 2. The minimum Gasteiger partial charge on any atom is -0.454 e. The van der Waals surface area contributed by atoms with Crippen LogP contribution in [0.2, 0.25) is 0 Å². The zero-order valence-corrected chi connectivity index (χ0v) is 16.0. The number of hydrogen-bond donors (Lipinski definition) is 0. The summed E-state index contributed by atoms with van der Waals surface area (Å²) in [6.45, 7) is 0. The minimum atomic E-state index is 0.886. The molecular weight excluding hydrogens is 368 g/mol. The second-order valence-electron chi connectivity index (χ2n) is 7.61. The molecule has 3 heterocycles. The lowest BCUT2D eigenvalue weighted by Gasteiger charge is -2.08. The molecule has 0 atom stereocenters. The van der Waals surface area contributed by atoms with Gasteiger partial charge in [0.25, 0.3) is 0 Å². The molecule has 140 valence electrons. The van der Waals surface area contributed by atoms with E-state index in [9.17, 15) is 0 Å². The maximum atomic E-state index is 6.50. The molecule has 0 aliphatic heterocycles. The number of pyridine rings is 1. The van der Waals surface area contributed by atoms with Gasteiger partial charge in [0.1, 0.15) is 5.58 Å². The molecule has 0 aliphatic rings.